The van der Waals surface area contributed by atoms with Crippen molar-refractivity contribution in [2.24, 2.45) is 0 Å². The van der Waals surface area contributed by atoms with E-state index in [1.807, 2.05) is 11.1 Å². The second-order valence-electron chi connectivity index (χ2n) is 2.34. The van der Waals surface area contributed by atoms with Crippen molar-refractivity contribution in [3.63, 3.8) is 0 Å². The molecule has 0 fully saturated rings. The van der Waals surface area contributed by atoms with E-state index in [2.05, 4.69) is 25.7 Å². The molecule has 0 atom stereocenters. The molecule has 10 heavy (non-hydrogen) atoms. The molecule has 1 rings (SSSR count). The molecule has 1 heterocycles. The van der Waals surface area contributed by atoms with E-state index in [0.717, 1.165) is 5.82 Å². The summed E-state index contributed by atoms with van der Waals surface area (Å²) in [5.74, 6) is 0.838. The number of rotatable bonds is 1. The molecule has 0 N–H and O–H groups in total. The summed E-state index contributed by atoms with van der Waals surface area (Å²) >= 11 is 0. The van der Waals surface area contributed by atoms with E-state index in [4.69, 9.17) is 0 Å². The van der Waals surface area contributed by atoms with E-state index in [9.17, 15) is 0 Å². The molecule has 56 valence electrons. The van der Waals surface area contributed by atoms with Crippen LogP contribution in [0.3, 0.4) is 0 Å². The van der Waals surface area contributed by atoms with Gasteiger partial charge >= 0.3 is 0 Å². The van der Waals surface area contributed by atoms with Crippen molar-refractivity contribution in [2.75, 3.05) is 0 Å². The summed E-state index contributed by atoms with van der Waals surface area (Å²) in [5, 5.41) is 3.99. The summed E-state index contributed by atoms with van der Waals surface area (Å²) in [5.41, 5.74) is 0. The number of hydrogen-bond donors (Lipinski definition) is 0. The minimum atomic E-state index is 0. The zero-order valence-electron chi connectivity index (χ0n) is 6.24. The van der Waals surface area contributed by atoms with Crippen LogP contribution in [0.2, 0.25) is 0 Å². The first-order valence-corrected chi connectivity index (χ1v) is 3.06. The van der Waals surface area contributed by atoms with Gasteiger partial charge in [0.05, 0.1) is 0 Å². The van der Waals surface area contributed by atoms with Crippen molar-refractivity contribution in [1.82, 2.24) is 4.90 Å². The maximum atomic E-state index is 3.99. The van der Waals surface area contributed by atoms with E-state index in [0.29, 0.717) is 6.04 Å². The topological polar surface area (TPSA) is 17.3 Å². The molecule has 2 nitrogen and oxygen atoms in total. The summed E-state index contributed by atoms with van der Waals surface area (Å²) in [6.07, 6.45) is 3.70. The van der Waals surface area contributed by atoms with Crippen LogP contribution in [0.5, 0.6) is 0 Å². The number of nitrogens with zero attached hydrogens (tertiary/aromatic N) is 2. The summed E-state index contributed by atoms with van der Waals surface area (Å²) < 4.78 is 0. The molecular weight excluding hydrogens is 296 g/mol. The molecule has 0 aliphatic carbocycles. The van der Waals surface area contributed by atoms with Crippen molar-refractivity contribution in [3.8, 4) is 0 Å². The first kappa shape index (κ1) is 9.77. The van der Waals surface area contributed by atoms with Gasteiger partial charge in [-0.05, 0) is 6.04 Å². The Morgan fingerprint density at radius 1 is 1.60 bits per heavy atom. The van der Waals surface area contributed by atoms with Crippen LogP contribution < -0.4 is 0 Å². The van der Waals surface area contributed by atoms with Gasteiger partial charge in [0.2, 0.25) is 0 Å². The Balaban J connectivity index is 0.000000810. The zero-order valence-corrected chi connectivity index (χ0v) is 9.18. The maximum Gasteiger partial charge on any atom is 0 e. The Kier molecular flexibility index (Phi) is 3.73. The first-order chi connectivity index (χ1) is 4.22. The van der Waals surface area contributed by atoms with Crippen molar-refractivity contribution in [1.29, 1.82) is 0 Å². The van der Waals surface area contributed by atoms with E-state index < -0.39 is 0 Å². The molecule has 1 aliphatic heterocycles. The van der Waals surface area contributed by atoms with Crippen LogP contribution in [0.15, 0.2) is 24.8 Å². The normalized spacial score (nSPS) is 15.5. The van der Waals surface area contributed by atoms with Gasteiger partial charge in [0, 0.05) is 21.1 Å². The summed E-state index contributed by atoms with van der Waals surface area (Å²) in [7, 11) is 0. The maximum absolute atomic E-state index is 3.99. The van der Waals surface area contributed by atoms with Gasteiger partial charge in [-0.15, -0.1) is 0 Å². The molecule has 0 saturated carbocycles. The van der Waals surface area contributed by atoms with Gasteiger partial charge in [0.1, 0.15) is 0 Å². The molecule has 0 bridgehead atoms. The monoisotopic (exact) mass is 307 g/mol. The molecule has 1 aliphatic rings. The van der Waals surface area contributed by atoms with Crippen LogP contribution in [0.4, 0.5) is 0 Å². The van der Waals surface area contributed by atoms with Gasteiger partial charge in [-0.25, -0.2) is 0 Å². The SMILES string of the molecule is C=C1[N-]C=CN1C(C)C.[W]. The third kappa shape index (κ3) is 1.88. The molecule has 0 unspecified atom stereocenters. The smallest absolute Gasteiger partial charge is 0 e. The van der Waals surface area contributed by atoms with Crippen molar-refractivity contribution in [3.05, 3.63) is 30.1 Å². The molecular formula is C7H11N2W-. The van der Waals surface area contributed by atoms with Crippen LogP contribution in [0.25, 0.3) is 5.32 Å². The Hall–Kier alpha value is -0.232. The second-order valence-corrected chi connectivity index (χ2v) is 2.34. The molecule has 0 amide bonds. The van der Waals surface area contributed by atoms with Gasteiger partial charge in [-0.1, -0.05) is 38.6 Å². The summed E-state index contributed by atoms with van der Waals surface area (Å²) in [6, 6.07) is 0.472. The van der Waals surface area contributed by atoms with Crippen molar-refractivity contribution >= 4 is 0 Å². The van der Waals surface area contributed by atoms with Crippen LogP contribution in [0, 0.1) is 0 Å². The Labute approximate surface area is 76.2 Å². The van der Waals surface area contributed by atoms with Crippen LogP contribution in [-0.4, -0.2) is 10.9 Å². The van der Waals surface area contributed by atoms with Gasteiger partial charge in [-0.2, -0.15) is 0 Å². The molecule has 0 spiro atoms. The molecule has 0 saturated heterocycles. The molecule has 0 radical (unpaired) electrons. The van der Waals surface area contributed by atoms with E-state index in [1.165, 1.54) is 0 Å². The fourth-order valence-electron chi connectivity index (χ4n) is 0.814. The Morgan fingerprint density at radius 3 is 2.40 bits per heavy atom. The first-order valence-electron chi connectivity index (χ1n) is 3.06. The average molecular weight is 307 g/mol. The van der Waals surface area contributed by atoms with Gasteiger partial charge in [0.15, 0.2) is 0 Å². The van der Waals surface area contributed by atoms with Crippen LogP contribution in [0.1, 0.15) is 13.8 Å². The van der Waals surface area contributed by atoms with E-state index in [-0.39, 0.29) is 21.1 Å². The standard InChI is InChI=1S/C7H11N2.W/c1-6(2)9-5-4-8-7(9)3;/h4-6H,3H2,1-2H3;/q-1;. The molecule has 0 aromatic carbocycles. The summed E-state index contributed by atoms with van der Waals surface area (Å²) in [6.45, 7) is 7.97. The Bertz CT molecular complexity index is 152. The molecule has 0 aromatic rings. The summed E-state index contributed by atoms with van der Waals surface area (Å²) in [4.78, 5) is 2.03. The fourth-order valence-corrected chi connectivity index (χ4v) is 0.814. The van der Waals surface area contributed by atoms with Crippen molar-refractivity contribution < 1.29 is 21.1 Å². The van der Waals surface area contributed by atoms with Gasteiger partial charge in [-0.3, -0.25) is 0 Å². The predicted octanol–water partition coefficient (Wildman–Crippen LogP) is 2.02. The van der Waals surface area contributed by atoms with Gasteiger partial charge < -0.3 is 10.2 Å². The minimum absolute atomic E-state index is 0. The Morgan fingerprint density at radius 2 is 2.20 bits per heavy atom. The molecule has 0 aromatic heterocycles. The molecule has 3 heteroatoms. The fraction of sp³-hybridized carbons (Fsp3) is 0.429. The van der Waals surface area contributed by atoms with Crippen molar-refractivity contribution in [2.45, 2.75) is 19.9 Å². The van der Waals surface area contributed by atoms with Crippen LogP contribution >= 0.6 is 0 Å². The third-order valence-corrected chi connectivity index (χ3v) is 1.31. The second kappa shape index (κ2) is 3.82. The quantitative estimate of drug-likeness (QED) is 0.724. The minimum Gasteiger partial charge on any atom is -0.447 e. The number of hydrogen-bond acceptors (Lipinski definition) is 1. The average Bonchev–Trinajstić information content (AvgIpc) is 2.13. The largest absolute Gasteiger partial charge is 0.447 e. The zero-order chi connectivity index (χ0) is 6.85. The van der Waals surface area contributed by atoms with Crippen LogP contribution in [-0.2, 0) is 21.1 Å². The third-order valence-electron chi connectivity index (χ3n) is 1.31. The van der Waals surface area contributed by atoms with Gasteiger partial charge in [0.25, 0.3) is 0 Å². The van der Waals surface area contributed by atoms with E-state index in [1.54, 1.807) is 6.20 Å². The predicted molar refractivity (Wildman–Crippen MR) is 38.6 cm³/mol. The van der Waals surface area contributed by atoms with E-state index >= 15 is 0 Å².